The number of halogens is 1. The highest BCUT2D eigenvalue weighted by atomic mass is 35.5. The first-order valence-electron chi connectivity index (χ1n) is 7.74. The molecule has 2 aromatic rings. The van der Waals surface area contributed by atoms with E-state index in [1.165, 1.54) is 23.1 Å². The lowest BCUT2D eigenvalue weighted by molar-refractivity contribution is 0.630. The summed E-state index contributed by atoms with van der Waals surface area (Å²) in [6.45, 7) is 7.30. The fourth-order valence-electron chi connectivity index (χ4n) is 2.59. The van der Waals surface area contributed by atoms with Gasteiger partial charge in [-0.15, -0.1) is 0 Å². The van der Waals surface area contributed by atoms with Gasteiger partial charge in [0.1, 0.15) is 0 Å². The van der Waals surface area contributed by atoms with Crippen molar-refractivity contribution in [2.75, 3.05) is 6.54 Å². The molecule has 1 atom stereocenters. The number of rotatable bonds is 6. The van der Waals surface area contributed by atoms with Gasteiger partial charge in [-0.05, 0) is 48.2 Å². The molecular formula is C19H24ClN. The van der Waals surface area contributed by atoms with Crippen molar-refractivity contribution in [3.63, 3.8) is 0 Å². The summed E-state index contributed by atoms with van der Waals surface area (Å²) < 4.78 is 0. The van der Waals surface area contributed by atoms with E-state index in [1.54, 1.807) is 0 Å². The number of aryl methyl sites for hydroxylation is 2. The predicted octanol–water partition coefficient (Wildman–Crippen LogP) is 5.30. The van der Waals surface area contributed by atoms with Crippen molar-refractivity contribution in [1.82, 2.24) is 5.32 Å². The van der Waals surface area contributed by atoms with Gasteiger partial charge in [-0.2, -0.15) is 0 Å². The van der Waals surface area contributed by atoms with Crippen LogP contribution >= 0.6 is 11.6 Å². The highest BCUT2D eigenvalue weighted by molar-refractivity contribution is 6.31. The molecule has 0 aliphatic heterocycles. The van der Waals surface area contributed by atoms with Crippen LogP contribution in [0.3, 0.4) is 0 Å². The lowest BCUT2D eigenvalue weighted by Crippen LogP contribution is -2.22. The largest absolute Gasteiger partial charge is 0.307 e. The highest BCUT2D eigenvalue weighted by Gasteiger charge is 2.13. The molecule has 112 valence electrons. The van der Waals surface area contributed by atoms with Crippen LogP contribution < -0.4 is 5.32 Å². The summed E-state index contributed by atoms with van der Waals surface area (Å²) >= 11 is 6.28. The van der Waals surface area contributed by atoms with Crippen molar-refractivity contribution in [1.29, 1.82) is 0 Å². The Morgan fingerprint density at radius 2 is 1.67 bits per heavy atom. The molecule has 0 spiro atoms. The van der Waals surface area contributed by atoms with Gasteiger partial charge in [-0.3, -0.25) is 0 Å². The second-order valence-electron chi connectivity index (χ2n) is 5.49. The lowest BCUT2D eigenvalue weighted by atomic mass is 9.96. The summed E-state index contributed by atoms with van der Waals surface area (Å²) in [6.07, 6.45) is 2.33. The monoisotopic (exact) mass is 301 g/mol. The summed E-state index contributed by atoms with van der Waals surface area (Å²) in [5, 5.41) is 4.39. The minimum Gasteiger partial charge on any atom is -0.307 e. The fourth-order valence-corrected chi connectivity index (χ4v) is 2.78. The fraction of sp³-hybridized carbons (Fsp3) is 0.368. The Morgan fingerprint density at radius 1 is 1.00 bits per heavy atom. The van der Waals surface area contributed by atoms with Crippen LogP contribution in [0.1, 0.15) is 48.6 Å². The van der Waals surface area contributed by atoms with E-state index >= 15 is 0 Å². The molecule has 2 heteroatoms. The zero-order valence-corrected chi connectivity index (χ0v) is 13.9. The van der Waals surface area contributed by atoms with Crippen LogP contribution in [0.15, 0.2) is 42.5 Å². The number of hydrogen-bond donors (Lipinski definition) is 1. The topological polar surface area (TPSA) is 12.0 Å². The van der Waals surface area contributed by atoms with Crippen molar-refractivity contribution in [3.8, 4) is 0 Å². The van der Waals surface area contributed by atoms with Crippen molar-refractivity contribution < 1.29 is 0 Å². The average Bonchev–Trinajstić information content (AvgIpc) is 2.49. The maximum atomic E-state index is 6.28. The van der Waals surface area contributed by atoms with Crippen molar-refractivity contribution in [3.05, 3.63) is 69.7 Å². The number of benzene rings is 2. The van der Waals surface area contributed by atoms with Gasteiger partial charge in [0.05, 0.1) is 6.04 Å². The van der Waals surface area contributed by atoms with Gasteiger partial charge >= 0.3 is 0 Å². The molecule has 0 aromatic heterocycles. The SMILES string of the molecule is CCCc1ccc(C(NCC)c2ccc(C)c(Cl)c2)cc1. The number of nitrogens with one attached hydrogen (secondary N) is 1. The summed E-state index contributed by atoms with van der Waals surface area (Å²) in [7, 11) is 0. The smallest absolute Gasteiger partial charge is 0.0577 e. The second kappa shape index (κ2) is 7.63. The van der Waals surface area contributed by atoms with Crippen LogP contribution in [0.2, 0.25) is 5.02 Å². The molecule has 0 saturated carbocycles. The standard InChI is InChI=1S/C19H24ClN/c1-4-6-15-8-11-16(12-9-15)19(21-5-2)17-10-7-14(3)18(20)13-17/h7-13,19,21H,4-6H2,1-3H3. The Hall–Kier alpha value is -1.31. The first-order chi connectivity index (χ1) is 10.2. The van der Waals surface area contributed by atoms with Gasteiger partial charge in [0.25, 0.3) is 0 Å². The minimum atomic E-state index is 0.198. The van der Waals surface area contributed by atoms with Crippen LogP contribution in [0.4, 0.5) is 0 Å². The van der Waals surface area contributed by atoms with E-state index in [1.807, 2.05) is 6.92 Å². The molecule has 0 aliphatic carbocycles. The number of hydrogen-bond acceptors (Lipinski definition) is 1. The van der Waals surface area contributed by atoms with E-state index in [4.69, 9.17) is 11.6 Å². The zero-order chi connectivity index (χ0) is 15.2. The lowest BCUT2D eigenvalue weighted by Gasteiger charge is -2.20. The van der Waals surface area contributed by atoms with E-state index < -0.39 is 0 Å². The third-order valence-electron chi connectivity index (χ3n) is 3.79. The molecular weight excluding hydrogens is 278 g/mol. The van der Waals surface area contributed by atoms with Crippen molar-refractivity contribution >= 4 is 11.6 Å². The minimum absolute atomic E-state index is 0.198. The van der Waals surface area contributed by atoms with Crippen LogP contribution in [-0.4, -0.2) is 6.54 Å². The first kappa shape index (κ1) is 16.1. The summed E-state index contributed by atoms with van der Waals surface area (Å²) in [4.78, 5) is 0. The van der Waals surface area contributed by atoms with E-state index in [9.17, 15) is 0 Å². The Kier molecular flexibility index (Phi) is 5.84. The highest BCUT2D eigenvalue weighted by Crippen LogP contribution is 2.26. The third kappa shape index (κ3) is 4.09. The maximum absolute atomic E-state index is 6.28. The molecule has 0 radical (unpaired) electrons. The van der Waals surface area contributed by atoms with Gasteiger partial charge in [-0.25, -0.2) is 0 Å². The zero-order valence-electron chi connectivity index (χ0n) is 13.1. The van der Waals surface area contributed by atoms with Gasteiger partial charge in [-0.1, -0.05) is 68.3 Å². The Labute approximate surface area is 133 Å². The molecule has 0 amide bonds. The van der Waals surface area contributed by atoms with E-state index in [0.717, 1.165) is 23.6 Å². The van der Waals surface area contributed by atoms with Crippen LogP contribution in [0.25, 0.3) is 0 Å². The van der Waals surface area contributed by atoms with E-state index in [0.29, 0.717) is 0 Å². The molecule has 2 aromatic carbocycles. The molecule has 1 nitrogen and oxygen atoms in total. The molecule has 2 rings (SSSR count). The quantitative estimate of drug-likeness (QED) is 0.763. The van der Waals surface area contributed by atoms with Gasteiger partial charge < -0.3 is 5.32 Å². The molecule has 0 bridgehead atoms. The van der Waals surface area contributed by atoms with Crippen LogP contribution in [0.5, 0.6) is 0 Å². The van der Waals surface area contributed by atoms with E-state index in [-0.39, 0.29) is 6.04 Å². The van der Waals surface area contributed by atoms with Gasteiger partial charge in [0, 0.05) is 5.02 Å². The average molecular weight is 302 g/mol. The van der Waals surface area contributed by atoms with Crippen molar-refractivity contribution in [2.24, 2.45) is 0 Å². The maximum Gasteiger partial charge on any atom is 0.0577 e. The van der Waals surface area contributed by atoms with Crippen LogP contribution in [-0.2, 0) is 6.42 Å². The molecule has 0 heterocycles. The van der Waals surface area contributed by atoms with Crippen LogP contribution in [0, 0.1) is 6.92 Å². The predicted molar refractivity (Wildman–Crippen MR) is 92.1 cm³/mol. The third-order valence-corrected chi connectivity index (χ3v) is 4.20. The van der Waals surface area contributed by atoms with E-state index in [2.05, 4.69) is 61.6 Å². The molecule has 0 aliphatic rings. The summed E-state index contributed by atoms with van der Waals surface area (Å²) in [5.41, 5.74) is 5.03. The molecule has 1 N–H and O–H groups in total. The molecule has 21 heavy (non-hydrogen) atoms. The molecule has 0 saturated heterocycles. The second-order valence-corrected chi connectivity index (χ2v) is 5.90. The van der Waals surface area contributed by atoms with Gasteiger partial charge in [0.2, 0.25) is 0 Å². The summed E-state index contributed by atoms with van der Waals surface area (Å²) in [5.74, 6) is 0. The Bertz CT molecular complexity index is 575. The Balaban J connectivity index is 2.31. The van der Waals surface area contributed by atoms with Gasteiger partial charge in [0.15, 0.2) is 0 Å². The first-order valence-corrected chi connectivity index (χ1v) is 8.11. The molecule has 0 fully saturated rings. The summed E-state index contributed by atoms with van der Waals surface area (Å²) in [6, 6.07) is 15.5. The molecule has 1 unspecified atom stereocenters. The van der Waals surface area contributed by atoms with Crippen molar-refractivity contribution in [2.45, 2.75) is 39.7 Å². The Morgan fingerprint density at radius 3 is 2.24 bits per heavy atom. The normalized spacial score (nSPS) is 12.4.